The molecule has 6 heteroatoms. The standard InChI is InChI=1S/C12H17FN2O2S/c1-7(2)18(17)8(3)12(16)15-9-4-5-10(13)11(14)6-9/h4-8H,14H2,1-3H3,(H,15,16). The van der Waals surface area contributed by atoms with Crippen molar-refractivity contribution in [3.8, 4) is 0 Å². The second kappa shape index (κ2) is 5.95. The average molecular weight is 272 g/mol. The van der Waals surface area contributed by atoms with E-state index in [2.05, 4.69) is 5.32 Å². The van der Waals surface area contributed by atoms with Crippen LogP contribution >= 0.6 is 0 Å². The van der Waals surface area contributed by atoms with Crippen molar-refractivity contribution in [2.45, 2.75) is 31.3 Å². The Morgan fingerprint density at radius 2 is 2.00 bits per heavy atom. The van der Waals surface area contributed by atoms with Crippen LogP contribution in [-0.4, -0.2) is 20.6 Å². The monoisotopic (exact) mass is 272 g/mol. The summed E-state index contributed by atoms with van der Waals surface area (Å²) in [5.74, 6) is -0.903. The third kappa shape index (κ3) is 3.53. The summed E-state index contributed by atoms with van der Waals surface area (Å²) in [6.07, 6.45) is 0. The van der Waals surface area contributed by atoms with E-state index in [-0.39, 0.29) is 16.8 Å². The van der Waals surface area contributed by atoms with Crippen LogP contribution in [0.3, 0.4) is 0 Å². The summed E-state index contributed by atoms with van der Waals surface area (Å²) in [7, 11) is -1.25. The van der Waals surface area contributed by atoms with Crippen molar-refractivity contribution in [1.82, 2.24) is 0 Å². The Bertz CT molecular complexity index is 477. The molecule has 0 heterocycles. The predicted molar refractivity (Wildman–Crippen MR) is 72.2 cm³/mol. The quantitative estimate of drug-likeness (QED) is 0.822. The minimum atomic E-state index is -1.25. The number of carbonyl (C=O) groups excluding carboxylic acids is 1. The van der Waals surface area contributed by atoms with E-state index in [0.29, 0.717) is 5.69 Å². The first-order valence-electron chi connectivity index (χ1n) is 5.58. The summed E-state index contributed by atoms with van der Waals surface area (Å²) < 4.78 is 24.7. The molecule has 3 N–H and O–H groups in total. The van der Waals surface area contributed by atoms with E-state index in [4.69, 9.17) is 5.73 Å². The van der Waals surface area contributed by atoms with Crippen molar-refractivity contribution in [3.05, 3.63) is 24.0 Å². The SMILES string of the molecule is CC(C)S(=O)C(C)C(=O)Nc1ccc(F)c(N)c1. The third-order valence-electron chi connectivity index (χ3n) is 2.45. The molecule has 100 valence electrons. The normalized spacial score (nSPS) is 14.3. The Kier molecular flexibility index (Phi) is 4.84. The van der Waals surface area contributed by atoms with Crippen LogP contribution in [0, 0.1) is 5.82 Å². The number of hydrogen-bond donors (Lipinski definition) is 2. The molecule has 0 fully saturated rings. The summed E-state index contributed by atoms with van der Waals surface area (Å²) in [5.41, 5.74) is 5.75. The molecule has 0 radical (unpaired) electrons. The number of nitrogen functional groups attached to an aromatic ring is 1. The molecule has 1 rings (SSSR count). The number of nitrogens with two attached hydrogens (primary N) is 1. The van der Waals surface area contributed by atoms with Gasteiger partial charge in [-0.1, -0.05) is 13.8 Å². The van der Waals surface area contributed by atoms with Gasteiger partial charge < -0.3 is 11.1 Å². The largest absolute Gasteiger partial charge is 0.396 e. The Hall–Kier alpha value is -1.43. The molecule has 2 unspecified atom stereocenters. The molecule has 0 bridgehead atoms. The summed E-state index contributed by atoms with van der Waals surface area (Å²) in [5, 5.41) is 1.84. The molecule has 2 atom stereocenters. The van der Waals surface area contributed by atoms with Gasteiger partial charge >= 0.3 is 0 Å². The average Bonchev–Trinajstić information content (AvgIpc) is 2.31. The molecule has 0 saturated heterocycles. The highest BCUT2D eigenvalue weighted by Crippen LogP contribution is 2.17. The Morgan fingerprint density at radius 3 is 2.50 bits per heavy atom. The van der Waals surface area contributed by atoms with E-state index in [1.165, 1.54) is 18.2 Å². The molecular formula is C12H17FN2O2S. The van der Waals surface area contributed by atoms with Crippen molar-refractivity contribution in [3.63, 3.8) is 0 Å². The van der Waals surface area contributed by atoms with Crippen LogP contribution in [0.4, 0.5) is 15.8 Å². The van der Waals surface area contributed by atoms with Gasteiger partial charge in [-0.15, -0.1) is 0 Å². The summed E-state index contributed by atoms with van der Waals surface area (Å²) in [4.78, 5) is 11.8. The van der Waals surface area contributed by atoms with E-state index >= 15 is 0 Å². The van der Waals surface area contributed by atoms with Crippen LogP contribution in [0.15, 0.2) is 18.2 Å². The lowest BCUT2D eigenvalue weighted by atomic mass is 10.2. The summed E-state index contributed by atoms with van der Waals surface area (Å²) >= 11 is 0. The third-order valence-corrected chi connectivity index (χ3v) is 4.29. The Balaban J connectivity index is 2.75. The first-order chi connectivity index (χ1) is 8.32. The lowest BCUT2D eigenvalue weighted by Gasteiger charge is -2.14. The first-order valence-corrected chi connectivity index (χ1v) is 6.85. The van der Waals surface area contributed by atoms with Gasteiger partial charge in [0.2, 0.25) is 5.91 Å². The van der Waals surface area contributed by atoms with Crippen LogP contribution in [0.2, 0.25) is 0 Å². The smallest absolute Gasteiger partial charge is 0.239 e. The van der Waals surface area contributed by atoms with E-state index in [9.17, 15) is 13.4 Å². The van der Waals surface area contributed by atoms with Gasteiger partial charge in [0.15, 0.2) is 0 Å². The number of amides is 1. The maximum absolute atomic E-state index is 12.9. The summed E-state index contributed by atoms with van der Waals surface area (Å²) in [6.45, 7) is 5.17. The van der Waals surface area contributed by atoms with E-state index in [0.717, 1.165) is 0 Å². The topological polar surface area (TPSA) is 72.2 Å². The first kappa shape index (κ1) is 14.6. The Morgan fingerprint density at radius 1 is 1.39 bits per heavy atom. The zero-order chi connectivity index (χ0) is 13.9. The minimum absolute atomic E-state index is 0.0366. The van der Waals surface area contributed by atoms with Crippen LogP contribution in [0.1, 0.15) is 20.8 Å². The molecular weight excluding hydrogens is 255 g/mol. The van der Waals surface area contributed by atoms with Gasteiger partial charge in [0.25, 0.3) is 0 Å². The fourth-order valence-electron chi connectivity index (χ4n) is 1.38. The van der Waals surface area contributed by atoms with E-state index < -0.39 is 21.9 Å². The molecule has 1 aromatic carbocycles. The highest BCUT2D eigenvalue weighted by molar-refractivity contribution is 7.87. The fourth-order valence-corrected chi connectivity index (χ4v) is 2.47. The van der Waals surface area contributed by atoms with Gasteiger partial charge in [-0.25, -0.2) is 4.39 Å². The fraction of sp³-hybridized carbons (Fsp3) is 0.417. The van der Waals surface area contributed by atoms with Crippen molar-refractivity contribution in [1.29, 1.82) is 0 Å². The second-order valence-corrected chi connectivity index (χ2v) is 6.55. The molecule has 0 aliphatic carbocycles. The van der Waals surface area contributed by atoms with Gasteiger partial charge in [-0.05, 0) is 25.1 Å². The van der Waals surface area contributed by atoms with E-state index in [1.807, 2.05) is 0 Å². The maximum atomic E-state index is 12.9. The zero-order valence-corrected chi connectivity index (χ0v) is 11.4. The number of benzene rings is 1. The van der Waals surface area contributed by atoms with Crippen LogP contribution < -0.4 is 11.1 Å². The number of anilines is 2. The highest BCUT2D eigenvalue weighted by Gasteiger charge is 2.22. The lowest BCUT2D eigenvalue weighted by Crippen LogP contribution is -2.32. The molecule has 1 aromatic rings. The molecule has 0 spiro atoms. The molecule has 4 nitrogen and oxygen atoms in total. The molecule has 0 saturated carbocycles. The van der Waals surface area contributed by atoms with Crippen molar-refractivity contribution in [2.24, 2.45) is 0 Å². The number of carbonyl (C=O) groups is 1. The van der Waals surface area contributed by atoms with Crippen molar-refractivity contribution >= 4 is 28.1 Å². The van der Waals surface area contributed by atoms with Crippen LogP contribution in [-0.2, 0) is 15.6 Å². The minimum Gasteiger partial charge on any atom is -0.396 e. The predicted octanol–water partition coefficient (Wildman–Crippen LogP) is 1.89. The number of hydrogen-bond acceptors (Lipinski definition) is 3. The van der Waals surface area contributed by atoms with Gasteiger partial charge in [-0.3, -0.25) is 9.00 Å². The number of rotatable bonds is 4. The number of nitrogens with one attached hydrogen (secondary N) is 1. The second-order valence-electron chi connectivity index (χ2n) is 4.25. The zero-order valence-electron chi connectivity index (χ0n) is 10.6. The van der Waals surface area contributed by atoms with Crippen LogP contribution in [0.5, 0.6) is 0 Å². The van der Waals surface area contributed by atoms with Gasteiger partial charge in [0, 0.05) is 21.7 Å². The molecule has 18 heavy (non-hydrogen) atoms. The van der Waals surface area contributed by atoms with Crippen LogP contribution in [0.25, 0.3) is 0 Å². The summed E-state index contributed by atoms with van der Waals surface area (Å²) in [6, 6.07) is 3.92. The van der Waals surface area contributed by atoms with E-state index in [1.54, 1.807) is 20.8 Å². The lowest BCUT2D eigenvalue weighted by molar-refractivity contribution is -0.115. The maximum Gasteiger partial charge on any atom is 0.239 e. The Labute approximate surface area is 108 Å². The number of halogens is 1. The van der Waals surface area contributed by atoms with Crippen molar-refractivity contribution in [2.75, 3.05) is 11.1 Å². The van der Waals surface area contributed by atoms with Gasteiger partial charge in [-0.2, -0.15) is 0 Å². The molecule has 0 aliphatic heterocycles. The molecule has 0 aliphatic rings. The van der Waals surface area contributed by atoms with Gasteiger partial charge in [0.05, 0.1) is 5.69 Å². The molecule has 0 aromatic heterocycles. The van der Waals surface area contributed by atoms with Gasteiger partial charge in [0.1, 0.15) is 11.1 Å². The highest BCUT2D eigenvalue weighted by atomic mass is 32.2. The van der Waals surface area contributed by atoms with Crippen molar-refractivity contribution < 1.29 is 13.4 Å². The molecule has 1 amide bonds.